The van der Waals surface area contributed by atoms with Crippen LogP contribution in [0.25, 0.3) is 0 Å². The van der Waals surface area contributed by atoms with Crippen molar-refractivity contribution < 1.29 is 34.2 Å². The van der Waals surface area contributed by atoms with Crippen LogP contribution in [0.15, 0.2) is 0 Å². The number of carbonyl (C=O) groups is 5. The smallest absolute Gasteiger partial charge is 0.652 e. The second-order valence-electron chi connectivity index (χ2n) is 1.86. The molecule has 0 aliphatic carbocycles. The molecule has 16 N–H and O–H groups in total. The Kier molecular flexibility index (Phi) is 52.8. The third-order valence-corrected chi connectivity index (χ3v) is 0. The Morgan fingerprint density at radius 1 is 0.476 bits per heavy atom. The van der Waals surface area contributed by atoms with Gasteiger partial charge in [0.15, 0.2) is 0 Å². The van der Waals surface area contributed by atoms with Gasteiger partial charge in [0.2, 0.25) is 0 Å². The first-order valence-electron chi connectivity index (χ1n) is 3.74. The maximum Gasteiger partial charge on any atom is 2.00 e. The number of primary amides is 8. The molecule has 0 aromatic carbocycles. The minimum Gasteiger partial charge on any atom is -0.652 e. The molecule has 0 radical (unpaired) electrons. The van der Waals surface area contributed by atoms with Gasteiger partial charge in [0.1, 0.15) is 0 Å². The molecule has 0 aromatic rings. The summed E-state index contributed by atoms with van der Waals surface area (Å²) in [6.45, 7) is 0. The third-order valence-electron chi connectivity index (χ3n) is 0. The molecule has 15 nitrogen and oxygen atoms in total. The summed E-state index contributed by atoms with van der Waals surface area (Å²) in [5.74, 6) is 0. The number of nitrogens with two attached hydrogens (primary N) is 8. The average Bonchev–Trinajstić information content (AvgIpc) is 1.94. The van der Waals surface area contributed by atoms with Crippen molar-refractivity contribution in [2.45, 2.75) is 0 Å². The molecule has 0 aliphatic heterocycles. The summed E-state index contributed by atoms with van der Waals surface area (Å²) < 4.78 is 0. The molecule has 0 aromatic heterocycles. The van der Waals surface area contributed by atoms with E-state index in [9.17, 15) is 0 Å². The first-order valence-corrected chi connectivity index (χ1v) is 3.74. The van der Waals surface area contributed by atoms with Crippen LogP contribution < -0.4 is 56.1 Å². The van der Waals surface area contributed by atoms with E-state index in [4.69, 9.17) is 34.2 Å². The quantitative estimate of drug-likeness (QED) is 0.196. The van der Waals surface area contributed by atoms with Crippen LogP contribution in [0.1, 0.15) is 0 Å². The number of rotatable bonds is 0. The molecule has 0 fully saturated rings. The number of amides is 8. The van der Waals surface area contributed by atoms with Crippen LogP contribution in [0.3, 0.4) is 0 Å². The van der Waals surface area contributed by atoms with E-state index in [-0.39, 0.29) is 37.7 Å². The zero-order valence-corrected chi connectivity index (χ0v) is 12.9. The largest absolute Gasteiger partial charge is 2.00 e. The van der Waals surface area contributed by atoms with Gasteiger partial charge in [0.25, 0.3) is 0 Å². The summed E-state index contributed by atoms with van der Waals surface area (Å²) in [6, 6.07) is -3.33. The summed E-state index contributed by atoms with van der Waals surface area (Å²) in [5, 5.41) is 16.7. The summed E-state index contributed by atoms with van der Waals surface area (Å²) in [5.41, 5.74) is 34.0. The Labute approximate surface area is 147 Å². The van der Waals surface area contributed by atoms with Gasteiger partial charge in [0.05, 0.1) is 0 Å². The van der Waals surface area contributed by atoms with Gasteiger partial charge in [-0.25, -0.2) is 19.2 Å². The van der Waals surface area contributed by atoms with Gasteiger partial charge in [-0.15, -0.1) is 0 Å². The van der Waals surface area contributed by atoms with Gasteiger partial charge in [-0.2, -0.15) is 0 Å². The van der Waals surface area contributed by atoms with E-state index in [1.807, 2.05) is 0 Å². The second-order valence-corrected chi connectivity index (χ2v) is 1.86. The van der Waals surface area contributed by atoms with Gasteiger partial charge >= 0.3 is 61.9 Å². The minimum atomic E-state index is -2.33. The fraction of sp³-hybridized carbons (Fsp3) is 0. The van der Waals surface area contributed by atoms with Crippen molar-refractivity contribution in [1.29, 1.82) is 0 Å². The van der Waals surface area contributed by atoms with Crippen LogP contribution in [0.5, 0.6) is 0 Å². The van der Waals surface area contributed by atoms with E-state index >= 15 is 0 Å². The number of urea groups is 4. The summed E-state index contributed by atoms with van der Waals surface area (Å²) in [6.07, 6.45) is -2.33. The van der Waals surface area contributed by atoms with Gasteiger partial charge in [0, 0.05) is 0 Å². The van der Waals surface area contributed by atoms with Crippen molar-refractivity contribution in [2.24, 2.45) is 45.9 Å². The Bertz CT molecular complexity index is 222. The van der Waals surface area contributed by atoms with E-state index in [0.717, 1.165) is 0 Å². The van der Waals surface area contributed by atoms with Gasteiger partial charge in [-0.1, -0.05) is 0 Å². The van der Waals surface area contributed by atoms with E-state index in [2.05, 4.69) is 45.9 Å². The first kappa shape index (κ1) is 36.3. The zero-order chi connectivity index (χ0) is 17.9. The third kappa shape index (κ3) is 751. The average molecular weight is 340 g/mol. The van der Waals surface area contributed by atoms with E-state index in [0.29, 0.717) is 0 Å². The van der Waals surface area contributed by atoms with E-state index < -0.39 is 30.3 Å². The van der Waals surface area contributed by atoms with Crippen molar-refractivity contribution in [1.82, 2.24) is 0 Å². The molecule has 21 heavy (non-hydrogen) atoms. The molecule has 0 heterocycles. The summed E-state index contributed by atoms with van der Waals surface area (Å²) in [7, 11) is 0. The predicted octanol–water partition coefficient (Wildman–Crippen LogP) is -6.73. The molecule has 0 rings (SSSR count). The van der Waals surface area contributed by atoms with Crippen LogP contribution in [0.4, 0.5) is 24.0 Å². The molecule has 0 aliphatic rings. The maximum absolute atomic E-state index is 9.00. The fourth-order valence-electron chi connectivity index (χ4n) is 0. The first-order chi connectivity index (χ1) is 8.66. The van der Waals surface area contributed by atoms with Crippen molar-refractivity contribution in [2.75, 3.05) is 0 Å². The zero-order valence-electron chi connectivity index (χ0n) is 10.7. The molecule has 0 unspecified atom stereocenters. The maximum atomic E-state index is 9.00. The molecular weight excluding hydrogens is 324 g/mol. The summed E-state index contributed by atoms with van der Waals surface area (Å²) in [4.78, 5) is 44.3. The Morgan fingerprint density at radius 3 is 0.476 bits per heavy atom. The van der Waals surface area contributed by atoms with Gasteiger partial charge < -0.3 is 60.9 Å². The normalized spacial score (nSPS) is 5.71. The molecular formula is C5H16CaN8O7. The minimum absolute atomic E-state index is 0. The topological polar surface area (TPSA) is 340 Å². The van der Waals surface area contributed by atoms with Crippen molar-refractivity contribution >= 4 is 68.0 Å². The number of hydrogen-bond acceptors (Lipinski definition) is 7. The monoisotopic (exact) mass is 340 g/mol. The van der Waals surface area contributed by atoms with Crippen LogP contribution in [0, 0.1) is 0 Å². The van der Waals surface area contributed by atoms with Gasteiger partial charge in [-0.3, -0.25) is 0 Å². The molecule has 0 bridgehead atoms. The van der Waals surface area contributed by atoms with E-state index in [1.54, 1.807) is 0 Å². The molecule has 16 heteroatoms. The van der Waals surface area contributed by atoms with Gasteiger partial charge in [-0.05, 0) is 6.16 Å². The fourth-order valence-corrected chi connectivity index (χ4v) is 0. The molecule has 120 valence electrons. The molecule has 0 atom stereocenters. The van der Waals surface area contributed by atoms with Crippen LogP contribution in [0.2, 0.25) is 0 Å². The molecule has 8 amide bonds. The van der Waals surface area contributed by atoms with Crippen molar-refractivity contribution in [3.8, 4) is 0 Å². The molecule has 0 saturated carbocycles. The summed E-state index contributed by atoms with van der Waals surface area (Å²) >= 11 is 0. The Morgan fingerprint density at radius 2 is 0.476 bits per heavy atom. The standard InChI is InChI=1S/4CH4N2O.CH2O3.Ca/c5*2-1(3)4;/h4*(H4,2,3,4);(H2,2,3,4);/q;;;;;+2/p-2. The SMILES string of the molecule is NC(N)=O.NC(N)=O.NC(N)=O.NC(N)=O.O=C([O-])[O-].[Ca+2]. The van der Waals surface area contributed by atoms with Crippen LogP contribution >= 0.6 is 0 Å². The molecule has 0 spiro atoms. The predicted molar refractivity (Wildman–Crippen MR) is 66.2 cm³/mol. The van der Waals surface area contributed by atoms with Crippen molar-refractivity contribution in [3.05, 3.63) is 0 Å². The molecule has 0 saturated heterocycles. The van der Waals surface area contributed by atoms with E-state index in [1.165, 1.54) is 0 Å². The van der Waals surface area contributed by atoms with Crippen LogP contribution in [-0.2, 0) is 0 Å². The Balaban J connectivity index is -0.0000000331. The number of carbonyl (C=O) groups excluding carboxylic acids is 5. The second kappa shape index (κ2) is 30.6. The van der Waals surface area contributed by atoms with Crippen molar-refractivity contribution in [3.63, 3.8) is 0 Å². The number of hydrogen-bond donors (Lipinski definition) is 8. The number of carboxylic acid groups (broad SMARTS) is 2. The van der Waals surface area contributed by atoms with Crippen LogP contribution in [-0.4, -0.2) is 68.0 Å². The Hall–Kier alpha value is -2.39.